The number of alkyl carbamates (subject to hydrolysis) is 1. The van der Waals surface area contributed by atoms with Crippen molar-refractivity contribution in [1.82, 2.24) is 5.32 Å². The normalized spacial score (nSPS) is 22.3. The molecule has 0 aromatic rings. The largest absolute Gasteiger partial charge is 0.479 e. The van der Waals surface area contributed by atoms with Gasteiger partial charge in [-0.3, -0.25) is 19.9 Å². The van der Waals surface area contributed by atoms with Gasteiger partial charge in [-0.1, -0.05) is 13.8 Å². The monoisotopic (exact) mass is 484 g/mol. The van der Waals surface area contributed by atoms with E-state index in [1.165, 1.54) is 27.0 Å². The molecule has 0 saturated heterocycles. The molecule has 11 nitrogen and oxygen atoms in total. The molecule has 0 bridgehead atoms. The summed E-state index contributed by atoms with van der Waals surface area (Å²) in [5.41, 5.74) is -0.692. The standard InChI is InChI=1S/C23H36N2O9/c1-10-17(31-14(4)26)20(32-15(5)27)19-12(2)16(11-18(33-19)21(28)30-9)24-13(3)25-22(29)34-23(6,7)8/h11-12,16-17,19-20H,10H2,1-9H3,(H,24,25,29)/t12-,16+,17-,19-,20-/m1/s1. The smallest absolute Gasteiger partial charge is 0.413 e. The molecule has 1 N–H and O–H groups in total. The van der Waals surface area contributed by atoms with Crippen LogP contribution >= 0.6 is 0 Å². The predicted octanol–water partition coefficient (Wildman–Crippen LogP) is 2.66. The lowest BCUT2D eigenvalue weighted by Crippen LogP contribution is -2.51. The summed E-state index contributed by atoms with van der Waals surface area (Å²) in [6, 6.07) is -0.671. The van der Waals surface area contributed by atoms with Gasteiger partial charge in [0.1, 0.15) is 23.6 Å². The molecule has 11 heteroatoms. The molecule has 0 aromatic carbocycles. The first kappa shape index (κ1) is 28.9. The van der Waals surface area contributed by atoms with Gasteiger partial charge in [-0.05, 0) is 40.2 Å². The van der Waals surface area contributed by atoms with Crippen LogP contribution in [-0.4, -0.2) is 66.9 Å². The first-order valence-electron chi connectivity index (χ1n) is 11.0. The van der Waals surface area contributed by atoms with Crippen LogP contribution < -0.4 is 5.32 Å². The number of hydrogen-bond acceptors (Lipinski definition) is 10. The van der Waals surface area contributed by atoms with Gasteiger partial charge in [0.15, 0.2) is 6.10 Å². The number of carbonyl (C=O) groups is 4. The van der Waals surface area contributed by atoms with Crippen molar-refractivity contribution < 1.29 is 42.9 Å². The molecule has 34 heavy (non-hydrogen) atoms. The van der Waals surface area contributed by atoms with E-state index < -0.39 is 59.9 Å². The summed E-state index contributed by atoms with van der Waals surface area (Å²) in [5, 5.41) is 2.55. The minimum absolute atomic E-state index is 0.140. The van der Waals surface area contributed by atoms with Crippen molar-refractivity contribution in [2.75, 3.05) is 7.11 Å². The maximum Gasteiger partial charge on any atom is 0.413 e. The number of hydrogen-bond donors (Lipinski definition) is 1. The van der Waals surface area contributed by atoms with E-state index in [2.05, 4.69) is 10.3 Å². The molecule has 5 atom stereocenters. The van der Waals surface area contributed by atoms with E-state index in [1.54, 1.807) is 41.5 Å². The lowest BCUT2D eigenvalue weighted by Gasteiger charge is -2.39. The number of ether oxygens (including phenoxy) is 5. The molecular weight excluding hydrogens is 448 g/mol. The highest BCUT2D eigenvalue weighted by Crippen LogP contribution is 2.32. The van der Waals surface area contributed by atoms with E-state index in [9.17, 15) is 19.2 Å². The maximum absolute atomic E-state index is 12.3. The fourth-order valence-electron chi connectivity index (χ4n) is 3.38. The Labute approximate surface area is 200 Å². The van der Waals surface area contributed by atoms with Gasteiger partial charge in [0.25, 0.3) is 0 Å². The Hall–Kier alpha value is -3.11. The molecule has 0 aromatic heterocycles. The van der Waals surface area contributed by atoms with Gasteiger partial charge in [-0.25, -0.2) is 9.59 Å². The van der Waals surface area contributed by atoms with Crippen molar-refractivity contribution in [1.29, 1.82) is 0 Å². The molecule has 0 aliphatic carbocycles. The predicted molar refractivity (Wildman–Crippen MR) is 122 cm³/mol. The van der Waals surface area contributed by atoms with Crippen molar-refractivity contribution in [3.05, 3.63) is 11.8 Å². The van der Waals surface area contributed by atoms with Gasteiger partial charge in [-0.2, -0.15) is 0 Å². The van der Waals surface area contributed by atoms with Crippen LogP contribution in [0.15, 0.2) is 16.8 Å². The summed E-state index contributed by atoms with van der Waals surface area (Å²) in [5.74, 6) is -2.27. The van der Waals surface area contributed by atoms with Crippen LogP contribution in [-0.2, 0) is 38.1 Å². The Morgan fingerprint density at radius 3 is 2.18 bits per heavy atom. The number of nitrogens with one attached hydrogen (secondary N) is 1. The first-order chi connectivity index (χ1) is 15.7. The molecule has 1 heterocycles. The zero-order valence-corrected chi connectivity index (χ0v) is 21.3. The summed E-state index contributed by atoms with van der Waals surface area (Å²) in [6.07, 6.45) is -1.64. The van der Waals surface area contributed by atoms with E-state index in [0.29, 0.717) is 6.42 Å². The van der Waals surface area contributed by atoms with Crippen LogP contribution in [0.2, 0.25) is 0 Å². The van der Waals surface area contributed by atoms with Crippen LogP contribution in [0.3, 0.4) is 0 Å². The van der Waals surface area contributed by atoms with Crippen LogP contribution in [0.25, 0.3) is 0 Å². The summed E-state index contributed by atoms with van der Waals surface area (Å²) in [7, 11) is 1.20. The lowest BCUT2D eigenvalue weighted by molar-refractivity contribution is -0.183. The van der Waals surface area contributed by atoms with E-state index in [-0.39, 0.29) is 11.6 Å². The molecule has 0 saturated carbocycles. The number of amidine groups is 1. The van der Waals surface area contributed by atoms with E-state index in [0.717, 1.165) is 0 Å². The Morgan fingerprint density at radius 2 is 1.71 bits per heavy atom. The minimum Gasteiger partial charge on any atom is -0.479 e. The zero-order valence-electron chi connectivity index (χ0n) is 21.3. The maximum atomic E-state index is 12.3. The third-order valence-electron chi connectivity index (χ3n) is 4.77. The second-order valence-electron chi connectivity index (χ2n) is 8.93. The number of nitrogens with zero attached hydrogens (tertiary/aromatic N) is 1. The highest BCUT2D eigenvalue weighted by atomic mass is 16.6. The molecule has 1 aliphatic heterocycles. The van der Waals surface area contributed by atoms with Crippen LogP contribution in [0.4, 0.5) is 4.79 Å². The van der Waals surface area contributed by atoms with E-state index in [4.69, 9.17) is 23.7 Å². The third-order valence-corrected chi connectivity index (χ3v) is 4.77. The van der Waals surface area contributed by atoms with E-state index in [1.807, 2.05) is 0 Å². The molecule has 1 rings (SSSR count). The summed E-state index contributed by atoms with van der Waals surface area (Å²) >= 11 is 0. The summed E-state index contributed by atoms with van der Waals surface area (Å²) in [4.78, 5) is 52.4. The molecular formula is C23H36N2O9. The Kier molecular flexibility index (Phi) is 10.5. The van der Waals surface area contributed by atoms with Gasteiger partial charge in [-0.15, -0.1) is 0 Å². The van der Waals surface area contributed by atoms with Crippen LogP contribution in [0.1, 0.15) is 61.8 Å². The van der Waals surface area contributed by atoms with Crippen molar-refractivity contribution >= 4 is 29.8 Å². The number of amides is 1. The number of methoxy groups -OCH3 is 1. The highest BCUT2D eigenvalue weighted by Gasteiger charge is 2.44. The molecule has 192 valence electrons. The quantitative estimate of drug-likeness (QED) is 0.250. The second-order valence-corrected chi connectivity index (χ2v) is 8.93. The molecule has 0 spiro atoms. The summed E-state index contributed by atoms with van der Waals surface area (Å²) in [6.45, 7) is 12.8. The van der Waals surface area contributed by atoms with Gasteiger partial charge in [0, 0.05) is 19.8 Å². The summed E-state index contributed by atoms with van der Waals surface area (Å²) < 4.78 is 26.8. The fraction of sp³-hybridized carbons (Fsp3) is 0.696. The van der Waals surface area contributed by atoms with Gasteiger partial charge < -0.3 is 23.7 Å². The Morgan fingerprint density at radius 1 is 1.12 bits per heavy atom. The van der Waals surface area contributed by atoms with Gasteiger partial charge in [0.05, 0.1) is 13.2 Å². The van der Waals surface area contributed by atoms with Gasteiger partial charge >= 0.3 is 24.0 Å². The van der Waals surface area contributed by atoms with Crippen molar-refractivity contribution in [2.24, 2.45) is 10.9 Å². The number of esters is 3. The number of carbonyl (C=O) groups excluding carboxylic acids is 4. The SMILES string of the molecule is CC[C@@H](OC(C)=O)[C@@H](OC(C)=O)[C@@H]1OC(C(=O)OC)=C[C@H](N=C(C)NC(=O)OC(C)(C)C)[C@H]1C. The fourth-order valence-corrected chi connectivity index (χ4v) is 3.38. The third kappa shape index (κ3) is 9.03. The molecule has 1 aliphatic rings. The van der Waals surface area contributed by atoms with Crippen molar-refractivity contribution in [2.45, 2.75) is 91.8 Å². The number of rotatable bonds is 7. The molecule has 0 fully saturated rings. The Balaban J connectivity index is 3.34. The van der Waals surface area contributed by atoms with Crippen LogP contribution in [0, 0.1) is 5.92 Å². The second kappa shape index (κ2) is 12.4. The van der Waals surface area contributed by atoms with Crippen molar-refractivity contribution in [3.63, 3.8) is 0 Å². The van der Waals surface area contributed by atoms with Gasteiger partial charge in [0.2, 0.25) is 5.76 Å². The van der Waals surface area contributed by atoms with Crippen molar-refractivity contribution in [3.8, 4) is 0 Å². The zero-order chi connectivity index (χ0) is 26.2. The molecule has 1 amide bonds. The topological polar surface area (TPSA) is 139 Å². The minimum atomic E-state index is -1.02. The molecule has 0 unspecified atom stereocenters. The lowest BCUT2D eigenvalue weighted by atomic mass is 9.87. The molecule has 0 radical (unpaired) electrons. The highest BCUT2D eigenvalue weighted by molar-refractivity contribution is 5.94. The average Bonchev–Trinajstić information content (AvgIpc) is 2.69. The van der Waals surface area contributed by atoms with E-state index >= 15 is 0 Å². The van der Waals surface area contributed by atoms with Crippen LogP contribution in [0.5, 0.6) is 0 Å². The first-order valence-corrected chi connectivity index (χ1v) is 11.0. The average molecular weight is 485 g/mol. The number of aliphatic imine (C=N–C) groups is 1. The Bertz CT molecular complexity index is 829.